The van der Waals surface area contributed by atoms with Gasteiger partial charge in [0.05, 0.1) is 4.90 Å². The predicted octanol–water partition coefficient (Wildman–Crippen LogP) is 3.02. The molecule has 1 aliphatic carbocycles. The van der Waals surface area contributed by atoms with Gasteiger partial charge in [-0.3, -0.25) is 0 Å². The van der Waals surface area contributed by atoms with Gasteiger partial charge in [0.2, 0.25) is 10.0 Å². The lowest BCUT2D eigenvalue weighted by atomic mass is 9.83. The molecule has 2 rings (SSSR count). The second-order valence-corrected chi connectivity index (χ2v) is 8.87. The summed E-state index contributed by atoms with van der Waals surface area (Å²) in [6.45, 7) is 4.75. The fourth-order valence-corrected chi connectivity index (χ4v) is 6.15. The molecule has 1 aliphatic rings. The molecule has 120 valence electrons. The highest BCUT2D eigenvalue weighted by atomic mass is 32.2. The summed E-state index contributed by atoms with van der Waals surface area (Å²) in [5.41, 5.74) is 0. The Bertz CT molecular complexity index is 566. The maximum atomic E-state index is 12.7. The predicted molar refractivity (Wildman–Crippen MR) is 88.2 cm³/mol. The third-order valence-electron chi connectivity index (χ3n) is 4.30. The van der Waals surface area contributed by atoms with Crippen LogP contribution in [0.25, 0.3) is 0 Å². The third-order valence-corrected chi connectivity index (χ3v) is 7.10. The second kappa shape index (κ2) is 7.22. The van der Waals surface area contributed by atoms with Crippen molar-refractivity contribution < 1.29 is 8.42 Å². The van der Waals surface area contributed by atoms with Crippen LogP contribution in [0.3, 0.4) is 0 Å². The normalized spacial score (nSPS) is 23.4. The minimum absolute atomic E-state index is 0.0980. The van der Waals surface area contributed by atoms with Crippen LogP contribution in [-0.2, 0) is 16.6 Å². The Balaban J connectivity index is 2.17. The number of nitrogens with one attached hydrogen (secondary N) is 2. The van der Waals surface area contributed by atoms with Crippen LogP contribution in [0.5, 0.6) is 0 Å². The molecule has 0 radical (unpaired) electrons. The molecule has 0 aromatic carbocycles. The SMILES string of the molecule is CCC1CCCCC1NS(=O)(=O)c1cc(CNC)sc1C. The van der Waals surface area contributed by atoms with Gasteiger partial charge < -0.3 is 5.32 Å². The quantitative estimate of drug-likeness (QED) is 0.843. The topological polar surface area (TPSA) is 58.2 Å². The van der Waals surface area contributed by atoms with E-state index in [9.17, 15) is 8.42 Å². The molecule has 0 amide bonds. The lowest BCUT2D eigenvalue weighted by Gasteiger charge is -2.31. The molecule has 0 spiro atoms. The molecule has 1 aromatic heterocycles. The number of sulfonamides is 1. The fraction of sp³-hybridized carbons (Fsp3) is 0.733. The first-order valence-corrected chi connectivity index (χ1v) is 10.0. The zero-order chi connectivity index (χ0) is 15.5. The van der Waals surface area contributed by atoms with Gasteiger partial charge in [-0.15, -0.1) is 11.3 Å². The summed E-state index contributed by atoms with van der Waals surface area (Å²) >= 11 is 1.55. The van der Waals surface area contributed by atoms with E-state index in [4.69, 9.17) is 0 Å². The van der Waals surface area contributed by atoms with Crippen molar-refractivity contribution in [2.75, 3.05) is 7.05 Å². The van der Waals surface area contributed by atoms with Crippen LogP contribution in [0.15, 0.2) is 11.0 Å². The number of rotatable bonds is 6. The van der Waals surface area contributed by atoms with Crippen LogP contribution in [-0.4, -0.2) is 21.5 Å². The first-order valence-electron chi connectivity index (χ1n) is 7.74. The molecule has 4 nitrogen and oxygen atoms in total. The van der Waals surface area contributed by atoms with E-state index in [2.05, 4.69) is 17.0 Å². The summed E-state index contributed by atoms with van der Waals surface area (Å²) in [5.74, 6) is 0.476. The summed E-state index contributed by atoms with van der Waals surface area (Å²) in [7, 11) is -1.53. The monoisotopic (exact) mass is 330 g/mol. The van der Waals surface area contributed by atoms with Crippen LogP contribution < -0.4 is 10.0 Å². The van der Waals surface area contributed by atoms with Crippen molar-refractivity contribution in [2.24, 2.45) is 5.92 Å². The van der Waals surface area contributed by atoms with Gasteiger partial charge >= 0.3 is 0 Å². The highest BCUT2D eigenvalue weighted by Crippen LogP contribution is 2.30. The van der Waals surface area contributed by atoms with E-state index in [1.807, 2.05) is 20.0 Å². The van der Waals surface area contributed by atoms with Crippen LogP contribution in [0.1, 0.15) is 48.8 Å². The standard InChI is InChI=1S/C15H26N2O2S2/c1-4-12-7-5-6-8-14(12)17-21(18,19)15-9-13(10-16-3)20-11(15)2/h9,12,14,16-17H,4-8,10H2,1-3H3. The van der Waals surface area contributed by atoms with Gasteiger partial charge in [-0.25, -0.2) is 13.1 Å². The molecule has 0 aliphatic heterocycles. The Kier molecular flexibility index (Phi) is 5.82. The highest BCUT2D eigenvalue weighted by Gasteiger charge is 2.29. The second-order valence-electron chi connectivity index (χ2n) is 5.84. The molecule has 0 bridgehead atoms. The van der Waals surface area contributed by atoms with Gasteiger partial charge in [-0.05, 0) is 38.8 Å². The Morgan fingerprint density at radius 1 is 1.33 bits per heavy atom. The Morgan fingerprint density at radius 3 is 2.71 bits per heavy atom. The number of hydrogen-bond acceptors (Lipinski definition) is 4. The molecule has 2 N–H and O–H groups in total. The van der Waals surface area contributed by atoms with Crippen molar-refractivity contribution in [1.29, 1.82) is 0 Å². The Labute approximate surface area is 132 Å². The minimum atomic E-state index is -3.40. The van der Waals surface area contributed by atoms with E-state index >= 15 is 0 Å². The first-order chi connectivity index (χ1) is 9.97. The lowest BCUT2D eigenvalue weighted by Crippen LogP contribution is -2.41. The fourth-order valence-electron chi connectivity index (χ4n) is 3.17. The van der Waals surface area contributed by atoms with Crippen molar-refractivity contribution in [3.8, 4) is 0 Å². The Hall–Kier alpha value is -0.430. The minimum Gasteiger partial charge on any atom is -0.315 e. The van der Waals surface area contributed by atoms with Crippen LogP contribution in [0.4, 0.5) is 0 Å². The highest BCUT2D eigenvalue weighted by molar-refractivity contribution is 7.89. The van der Waals surface area contributed by atoms with Crippen LogP contribution in [0.2, 0.25) is 0 Å². The molecule has 2 unspecified atom stereocenters. The van der Waals surface area contributed by atoms with Gasteiger partial charge in [-0.2, -0.15) is 0 Å². The molecule has 6 heteroatoms. The molecule has 1 saturated carbocycles. The number of aryl methyl sites for hydroxylation is 1. The van der Waals surface area contributed by atoms with Crippen LogP contribution >= 0.6 is 11.3 Å². The van der Waals surface area contributed by atoms with Crippen molar-refractivity contribution in [3.63, 3.8) is 0 Å². The third kappa shape index (κ3) is 4.06. The lowest BCUT2D eigenvalue weighted by molar-refractivity contribution is 0.282. The summed E-state index contributed by atoms with van der Waals surface area (Å²) in [5, 5.41) is 3.07. The molecule has 2 atom stereocenters. The largest absolute Gasteiger partial charge is 0.315 e. The van der Waals surface area contributed by atoms with Gasteiger partial charge in [0, 0.05) is 22.3 Å². The maximum Gasteiger partial charge on any atom is 0.241 e. The Morgan fingerprint density at radius 2 is 2.05 bits per heavy atom. The van der Waals surface area contributed by atoms with E-state index in [1.165, 1.54) is 6.42 Å². The van der Waals surface area contributed by atoms with Crippen molar-refractivity contribution >= 4 is 21.4 Å². The average molecular weight is 331 g/mol. The van der Waals surface area contributed by atoms with E-state index in [0.717, 1.165) is 35.4 Å². The molecule has 21 heavy (non-hydrogen) atoms. The smallest absolute Gasteiger partial charge is 0.241 e. The summed E-state index contributed by atoms with van der Waals surface area (Å²) in [6, 6.07) is 1.91. The zero-order valence-electron chi connectivity index (χ0n) is 13.1. The van der Waals surface area contributed by atoms with Crippen molar-refractivity contribution in [1.82, 2.24) is 10.0 Å². The van der Waals surface area contributed by atoms with Crippen molar-refractivity contribution in [2.45, 2.75) is 63.4 Å². The van der Waals surface area contributed by atoms with E-state index in [0.29, 0.717) is 17.4 Å². The van der Waals surface area contributed by atoms with Gasteiger partial charge in [0.25, 0.3) is 0 Å². The summed E-state index contributed by atoms with van der Waals surface area (Å²) < 4.78 is 28.3. The van der Waals surface area contributed by atoms with Crippen molar-refractivity contribution in [3.05, 3.63) is 15.8 Å². The van der Waals surface area contributed by atoms with Gasteiger partial charge in [0.15, 0.2) is 0 Å². The molecule has 0 saturated heterocycles. The maximum absolute atomic E-state index is 12.7. The van der Waals surface area contributed by atoms with Gasteiger partial charge in [0.1, 0.15) is 0 Å². The number of hydrogen-bond donors (Lipinski definition) is 2. The number of thiophene rings is 1. The zero-order valence-corrected chi connectivity index (χ0v) is 14.7. The molecule has 1 aromatic rings. The van der Waals surface area contributed by atoms with E-state index < -0.39 is 10.0 Å². The molecular formula is C15H26N2O2S2. The molecule has 1 fully saturated rings. The summed E-state index contributed by atoms with van der Waals surface area (Å²) in [4.78, 5) is 2.39. The van der Waals surface area contributed by atoms with Gasteiger partial charge in [-0.1, -0.05) is 26.2 Å². The molecule has 1 heterocycles. The molecular weight excluding hydrogens is 304 g/mol. The summed E-state index contributed by atoms with van der Waals surface area (Å²) in [6.07, 6.45) is 5.49. The van der Waals surface area contributed by atoms with E-state index in [1.54, 1.807) is 11.3 Å². The van der Waals surface area contributed by atoms with Crippen LogP contribution in [0, 0.1) is 12.8 Å². The van der Waals surface area contributed by atoms with E-state index in [-0.39, 0.29) is 6.04 Å². The average Bonchev–Trinajstić information content (AvgIpc) is 2.81. The first kappa shape index (κ1) is 16.9.